The van der Waals surface area contributed by atoms with E-state index in [0.717, 1.165) is 36.1 Å². The highest BCUT2D eigenvalue weighted by Gasteiger charge is 2.34. The number of benzene rings is 1. The first-order valence-electron chi connectivity index (χ1n) is 9.97. The molecule has 0 saturated carbocycles. The summed E-state index contributed by atoms with van der Waals surface area (Å²) in [5.74, 6) is 1.46. The molecule has 1 amide bonds. The zero-order valence-electron chi connectivity index (χ0n) is 17.2. The lowest BCUT2D eigenvalue weighted by atomic mass is 9.71. The number of carbonyl (C=O) groups excluding carboxylic acids is 1. The highest BCUT2D eigenvalue weighted by Crippen LogP contribution is 2.38. The van der Waals surface area contributed by atoms with Crippen LogP contribution in [0, 0.1) is 11.3 Å². The molecule has 1 atom stereocenters. The van der Waals surface area contributed by atoms with Gasteiger partial charge in [0.15, 0.2) is 11.5 Å². The summed E-state index contributed by atoms with van der Waals surface area (Å²) in [6.45, 7) is 7.17. The van der Waals surface area contributed by atoms with Gasteiger partial charge in [0.25, 0.3) is 5.91 Å². The second-order valence-electron chi connectivity index (χ2n) is 8.83. The Morgan fingerprint density at radius 2 is 2.10 bits per heavy atom. The van der Waals surface area contributed by atoms with E-state index >= 15 is 0 Å². The smallest absolute Gasteiger partial charge is 0.279 e. The van der Waals surface area contributed by atoms with E-state index in [2.05, 4.69) is 36.3 Å². The van der Waals surface area contributed by atoms with Gasteiger partial charge in [0, 0.05) is 34.3 Å². The molecule has 0 spiro atoms. The summed E-state index contributed by atoms with van der Waals surface area (Å²) < 4.78 is 7.16. The summed E-state index contributed by atoms with van der Waals surface area (Å²) in [6.07, 6.45) is 4.45. The minimum Gasteiger partial charge on any atom is -0.360 e. The van der Waals surface area contributed by atoms with Crippen LogP contribution >= 0.6 is 23.2 Å². The van der Waals surface area contributed by atoms with E-state index in [-0.39, 0.29) is 11.3 Å². The molecule has 0 aliphatic heterocycles. The lowest BCUT2D eigenvalue weighted by Crippen LogP contribution is -2.27. The Hall–Kier alpha value is -2.31. The predicted octanol–water partition coefficient (Wildman–Crippen LogP) is 5.63. The molecular formula is C22H24Cl2N4O2. The molecular weight excluding hydrogens is 423 g/mol. The SMILES string of the molecule is CC(C)(C)C1CCc2onc(C(=O)Nc3ccn(Cc4ccc(Cl)cc4Cl)n3)c2C1. The summed E-state index contributed by atoms with van der Waals surface area (Å²) in [6, 6.07) is 7.08. The van der Waals surface area contributed by atoms with Gasteiger partial charge >= 0.3 is 0 Å². The molecule has 1 aliphatic carbocycles. The molecule has 0 fully saturated rings. The van der Waals surface area contributed by atoms with Crippen LogP contribution in [0.4, 0.5) is 5.82 Å². The number of hydrogen-bond acceptors (Lipinski definition) is 4. The van der Waals surface area contributed by atoms with Crippen molar-refractivity contribution < 1.29 is 9.32 Å². The van der Waals surface area contributed by atoms with Gasteiger partial charge in [-0.3, -0.25) is 9.48 Å². The molecule has 30 heavy (non-hydrogen) atoms. The zero-order valence-corrected chi connectivity index (χ0v) is 18.7. The largest absolute Gasteiger partial charge is 0.360 e. The first kappa shape index (κ1) is 20.9. The summed E-state index contributed by atoms with van der Waals surface area (Å²) in [7, 11) is 0. The average molecular weight is 447 g/mol. The number of amides is 1. The summed E-state index contributed by atoms with van der Waals surface area (Å²) in [5.41, 5.74) is 2.34. The summed E-state index contributed by atoms with van der Waals surface area (Å²) in [4.78, 5) is 12.8. The van der Waals surface area contributed by atoms with Crippen molar-refractivity contribution >= 4 is 34.9 Å². The summed E-state index contributed by atoms with van der Waals surface area (Å²) >= 11 is 12.2. The highest BCUT2D eigenvalue weighted by atomic mass is 35.5. The van der Waals surface area contributed by atoms with Crippen molar-refractivity contribution in [1.29, 1.82) is 0 Å². The number of aryl methyl sites for hydroxylation is 1. The fourth-order valence-corrected chi connectivity index (χ4v) is 4.31. The Bertz CT molecular complexity index is 1080. The monoisotopic (exact) mass is 446 g/mol. The van der Waals surface area contributed by atoms with E-state index in [1.807, 2.05) is 6.07 Å². The van der Waals surface area contributed by atoms with Gasteiger partial charge in [0.1, 0.15) is 5.76 Å². The normalized spacial score (nSPS) is 16.4. The molecule has 8 heteroatoms. The van der Waals surface area contributed by atoms with Crippen molar-refractivity contribution in [2.45, 2.75) is 46.6 Å². The van der Waals surface area contributed by atoms with Gasteiger partial charge in [-0.2, -0.15) is 5.10 Å². The van der Waals surface area contributed by atoms with E-state index in [9.17, 15) is 4.79 Å². The van der Waals surface area contributed by atoms with E-state index < -0.39 is 0 Å². The Morgan fingerprint density at radius 1 is 1.30 bits per heavy atom. The number of halogens is 2. The minimum absolute atomic E-state index is 0.171. The Balaban J connectivity index is 1.46. The first-order valence-corrected chi connectivity index (χ1v) is 10.7. The predicted molar refractivity (Wildman–Crippen MR) is 117 cm³/mol. The number of rotatable bonds is 4. The van der Waals surface area contributed by atoms with Gasteiger partial charge in [0.05, 0.1) is 6.54 Å². The molecule has 0 saturated heterocycles. The molecule has 158 valence electrons. The minimum atomic E-state index is -0.302. The molecule has 1 aromatic carbocycles. The first-order chi connectivity index (χ1) is 14.2. The Morgan fingerprint density at radius 3 is 2.83 bits per heavy atom. The number of nitrogens with zero attached hydrogens (tertiary/aromatic N) is 3. The maximum Gasteiger partial charge on any atom is 0.279 e. The summed E-state index contributed by atoms with van der Waals surface area (Å²) in [5, 5.41) is 12.5. The molecule has 1 unspecified atom stereocenters. The lowest BCUT2D eigenvalue weighted by Gasteiger charge is -2.33. The topological polar surface area (TPSA) is 73.0 Å². The maximum atomic E-state index is 12.8. The molecule has 0 radical (unpaired) electrons. The molecule has 2 aromatic heterocycles. The number of fused-ring (bicyclic) bond motifs is 1. The van der Waals surface area contributed by atoms with Crippen molar-refractivity contribution in [3.05, 3.63) is 63.1 Å². The fourth-order valence-electron chi connectivity index (χ4n) is 3.84. The number of carbonyl (C=O) groups is 1. The number of hydrogen-bond donors (Lipinski definition) is 1. The second kappa shape index (κ2) is 8.08. The third-order valence-electron chi connectivity index (χ3n) is 5.71. The van der Waals surface area contributed by atoms with E-state index in [1.54, 1.807) is 29.1 Å². The van der Waals surface area contributed by atoms with E-state index in [4.69, 9.17) is 27.7 Å². The van der Waals surface area contributed by atoms with Crippen LogP contribution in [0.2, 0.25) is 10.0 Å². The van der Waals surface area contributed by atoms with Crippen molar-refractivity contribution in [3.63, 3.8) is 0 Å². The van der Waals surface area contributed by atoms with Crippen LogP contribution < -0.4 is 5.32 Å². The average Bonchev–Trinajstić information content (AvgIpc) is 3.29. The van der Waals surface area contributed by atoms with Crippen LogP contribution in [0.15, 0.2) is 35.0 Å². The molecule has 3 aromatic rings. The molecule has 2 heterocycles. The van der Waals surface area contributed by atoms with Gasteiger partial charge in [-0.05, 0) is 41.9 Å². The van der Waals surface area contributed by atoms with Gasteiger partial charge in [0.2, 0.25) is 0 Å². The van der Waals surface area contributed by atoms with Crippen LogP contribution in [-0.4, -0.2) is 20.8 Å². The van der Waals surface area contributed by atoms with Crippen LogP contribution in [-0.2, 0) is 19.4 Å². The van der Waals surface area contributed by atoms with Gasteiger partial charge in [-0.1, -0.05) is 55.2 Å². The number of aromatic nitrogens is 3. The van der Waals surface area contributed by atoms with Crippen molar-refractivity contribution in [2.24, 2.45) is 11.3 Å². The van der Waals surface area contributed by atoms with Gasteiger partial charge < -0.3 is 9.84 Å². The molecule has 0 bridgehead atoms. The standard InChI is InChI=1S/C22H24Cl2N4O2/c1-22(2,3)14-5-7-18-16(10-14)20(27-30-18)21(29)25-19-8-9-28(26-19)12-13-4-6-15(23)11-17(13)24/h4,6,8-9,11,14H,5,7,10,12H2,1-3H3,(H,25,26,29). The van der Waals surface area contributed by atoms with E-state index in [0.29, 0.717) is 34.0 Å². The quantitative estimate of drug-likeness (QED) is 0.563. The third kappa shape index (κ3) is 4.40. The highest BCUT2D eigenvalue weighted by molar-refractivity contribution is 6.35. The van der Waals surface area contributed by atoms with Crippen LogP contribution in [0.5, 0.6) is 0 Å². The fraction of sp³-hybridized carbons (Fsp3) is 0.409. The Kier molecular flexibility index (Phi) is 5.64. The van der Waals surface area contributed by atoms with Crippen LogP contribution in [0.3, 0.4) is 0 Å². The van der Waals surface area contributed by atoms with Crippen molar-refractivity contribution in [2.75, 3.05) is 5.32 Å². The molecule has 4 rings (SSSR count). The van der Waals surface area contributed by atoms with Crippen LogP contribution in [0.1, 0.15) is 54.6 Å². The molecule has 1 aliphatic rings. The number of nitrogens with one attached hydrogen (secondary N) is 1. The van der Waals surface area contributed by atoms with Crippen molar-refractivity contribution in [3.8, 4) is 0 Å². The zero-order chi connectivity index (χ0) is 21.5. The molecule has 6 nitrogen and oxygen atoms in total. The van der Waals surface area contributed by atoms with Gasteiger partial charge in [-0.15, -0.1) is 0 Å². The maximum absolute atomic E-state index is 12.8. The van der Waals surface area contributed by atoms with Gasteiger partial charge in [-0.25, -0.2) is 0 Å². The molecule has 1 N–H and O–H groups in total. The second-order valence-corrected chi connectivity index (χ2v) is 9.67. The lowest BCUT2D eigenvalue weighted by molar-refractivity contribution is 0.101. The van der Waals surface area contributed by atoms with Crippen LogP contribution in [0.25, 0.3) is 0 Å². The van der Waals surface area contributed by atoms with E-state index in [1.165, 1.54) is 0 Å². The van der Waals surface area contributed by atoms with Crippen molar-refractivity contribution in [1.82, 2.24) is 14.9 Å². The Labute approximate surface area is 185 Å². The number of anilines is 1. The third-order valence-corrected chi connectivity index (χ3v) is 6.30.